The lowest BCUT2D eigenvalue weighted by atomic mass is 9.99. The Morgan fingerprint density at radius 1 is 1.30 bits per heavy atom. The number of carbonyl (C=O) groups excluding carboxylic acids is 1. The fourth-order valence-corrected chi connectivity index (χ4v) is 5.00. The van der Waals surface area contributed by atoms with Gasteiger partial charge in [0.2, 0.25) is 11.0 Å². The Balaban J connectivity index is 1.58. The van der Waals surface area contributed by atoms with Crippen LogP contribution in [0.25, 0.3) is 0 Å². The van der Waals surface area contributed by atoms with Gasteiger partial charge in [-0.3, -0.25) is 4.79 Å². The highest BCUT2D eigenvalue weighted by Gasteiger charge is 2.32. The minimum atomic E-state index is -1.90. The largest absolute Gasteiger partial charge is 0.495 e. The quantitative estimate of drug-likeness (QED) is 0.730. The Bertz CT molecular complexity index is 889. The second-order valence-electron chi connectivity index (χ2n) is 8.62. The van der Waals surface area contributed by atoms with E-state index in [1.807, 2.05) is 4.90 Å². The van der Waals surface area contributed by atoms with Crippen LogP contribution in [0.2, 0.25) is 0 Å². The van der Waals surface area contributed by atoms with Crippen molar-refractivity contribution in [3.8, 4) is 5.75 Å². The van der Waals surface area contributed by atoms with Crippen molar-refractivity contribution >= 4 is 28.9 Å². The summed E-state index contributed by atoms with van der Waals surface area (Å²) in [6, 6.07) is 4.88. The summed E-state index contributed by atoms with van der Waals surface area (Å²) in [4.78, 5) is 17.2. The zero-order chi connectivity index (χ0) is 21.5. The normalized spacial score (nSPS) is 28.4. The summed E-state index contributed by atoms with van der Waals surface area (Å²) < 4.78 is 19.8. The Morgan fingerprint density at radius 2 is 2.03 bits per heavy atom. The van der Waals surface area contributed by atoms with Crippen LogP contribution in [0.4, 0.5) is 15.8 Å². The number of nitrogens with one attached hydrogen (secondary N) is 1. The summed E-state index contributed by atoms with van der Waals surface area (Å²) in [5, 5.41) is 1.65. The highest BCUT2D eigenvalue weighted by Crippen LogP contribution is 2.40. The third kappa shape index (κ3) is 4.35. The molecule has 5 nitrogen and oxygen atoms in total. The lowest BCUT2D eigenvalue weighted by Gasteiger charge is -2.38. The number of anilines is 2. The molecule has 1 aromatic carbocycles. The van der Waals surface area contributed by atoms with Crippen molar-refractivity contribution in [2.24, 2.45) is 0 Å². The number of fused-ring (bicyclic) bond motifs is 1. The fourth-order valence-electron chi connectivity index (χ4n) is 4.75. The maximum Gasteiger partial charge on any atom is 0.231 e. The van der Waals surface area contributed by atoms with Crippen molar-refractivity contribution in [1.29, 1.82) is 0 Å². The molecule has 1 unspecified atom stereocenters. The van der Waals surface area contributed by atoms with Crippen LogP contribution >= 0.6 is 11.6 Å². The van der Waals surface area contributed by atoms with Gasteiger partial charge in [0.15, 0.2) is 0 Å². The van der Waals surface area contributed by atoms with E-state index in [4.69, 9.17) is 16.3 Å². The first-order valence-corrected chi connectivity index (χ1v) is 10.9. The molecule has 1 aliphatic carbocycles. The molecular formula is C23H29ClFN3O2. The minimum Gasteiger partial charge on any atom is -0.495 e. The summed E-state index contributed by atoms with van der Waals surface area (Å²) in [5.41, 5.74) is 3.76. The topological polar surface area (TPSA) is 44.8 Å². The van der Waals surface area contributed by atoms with Gasteiger partial charge in [0.1, 0.15) is 5.75 Å². The number of allylic oxidation sites excluding steroid dienone is 3. The molecule has 1 saturated heterocycles. The van der Waals surface area contributed by atoms with Crippen molar-refractivity contribution in [2.75, 3.05) is 36.5 Å². The summed E-state index contributed by atoms with van der Waals surface area (Å²) in [6.07, 6.45) is 5.70. The van der Waals surface area contributed by atoms with Gasteiger partial charge in [-0.15, -0.1) is 0 Å². The van der Waals surface area contributed by atoms with Crippen LogP contribution in [-0.4, -0.2) is 49.9 Å². The average molecular weight is 434 g/mol. The second-order valence-corrected chi connectivity index (χ2v) is 9.25. The SMILES string of the molecule is COc1cc2c(cc1N1C[C@@H](C)N[C@@H](C)C1)N(C(=O)CC1=CC=CC(F)(Cl)C1)CC2. The van der Waals surface area contributed by atoms with Gasteiger partial charge in [0.05, 0.1) is 12.8 Å². The lowest BCUT2D eigenvalue weighted by Crippen LogP contribution is -2.54. The highest BCUT2D eigenvalue weighted by molar-refractivity contribution is 6.24. The molecule has 3 atom stereocenters. The van der Waals surface area contributed by atoms with E-state index >= 15 is 0 Å². The van der Waals surface area contributed by atoms with Crippen LogP contribution in [0.5, 0.6) is 5.75 Å². The average Bonchev–Trinajstić information content (AvgIpc) is 3.08. The summed E-state index contributed by atoms with van der Waals surface area (Å²) in [6.45, 7) is 6.72. The smallest absolute Gasteiger partial charge is 0.231 e. The molecule has 0 spiro atoms. The number of alkyl halides is 2. The molecule has 162 valence electrons. The third-order valence-corrected chi connectivity index (χ3v) is 6.25. The molecule has 30 heavy (non-hydrogen) atoms. The maximum atomic E-state index is 14.1. The maximum absolute atomic E-state index is 14.1. The van der Waals surface area contributed by atoms with Crippen LogP contribution in [0.1, 0.15) is 32.3 Å². The summed E-state index contributed by atoms with van der Waals surface area (Å²) >= 11 is 5.81. The van der Waals surface area contributed by atoms with Gasteiger partial charge in [-0.25, -0.2) is 4.39 Å². The molecular weight excluding hydrogens is 405 g/mol. The predicted molar refractivity (Wildman–Crippen MR) is 119 cm³/mol. The molecule has 2 heterocycles. The van der Waals surface area contributed by atoms with E-state index in [-0.39, 0.29) is 18.7 Å². The molecule has 1 amide bonds. The minimum absolute atomic E-state index is 0.0269. The van der Waals surface area contributed by atoms with Gasteiger partial charge in [0.25, 0.3) is 0 Å². The van der Waals surface area contributed by atoms with E-state index < -0.39 is 5.13 Å². The summed E-state index contributed by atoms with van der Waals surface area (Å²) in [5.74, 6) is 0.815. The zero-order valence-electron chi connectivity index (χ0n) is 17.8. The third-order valence-electron chi connectivity index (χ3n) is 5.99. The summed E-state index contributed by atoms with van der Waals surface area (Å²) in [7, 11) is 1.69. The standard InChI is InChI=1S/C23H29ClFN3O2/c1-15-13-27(14-16(2)26-15)20-11-19-18(10-21(20)30-3)6-8-28(19)22(29)9-17-5-4-7-23(24,25)12-17/h4-5,7,10-11,15-16,26H,6,8-9,12-14H2,1-3H3/t15-,16+,23?. The van der Waals surface area contributed by atoms with Crippen molar-refractivity contribution in [3.05, 3.63) is 41.5 Å². The van der Waals surface area contributed by atoms with Crippen LogP contribution in [0.3, 0.4) is 0 Å². The van der Waals surface area contributed by atoms with Crippen molar-refractivity contribution in [1.82, 2.24) is 5.32 Å². The van der Waals surface area contributed by atoms with Gasteiger partial charge in [-0.1, -0.05) is 29.3 Å². The second kappa shape index (κ2) is 8.23. The van der Waals surface area contributed by atoms with Gasteiger partial charge in [0, 0.05) is 50.2 Å². The number of amides is 1. The van der Waals surface area contributed by atoms with Crippen LogP contribution in [-0.2, 0) is 11.2 Å². The first-order valence-electron chi connectivity index (χ1n) is 10.5. The van der Waals surface area contributed by atoms with E-state index in [0.29, 0.717) is 24.2 Å². The Labute approximate surface area is 182 Å². The molecule has 0 radical (unpaired) electrons. The predicted octanol–water partition coefficient (Wildman–Crippen LogP) is 3.95. The van der Waals surface area contributed by atoms with E-state index in [9.17, 15) is 9.18 Å². The van der Waals surface area contributed by atoms with Gasteiger partial charge >= 0.3 is 0 Å². The lowest BCUT2D eigenvalue weighted by molar-refractivity contribution is -0.117. The molecule has 0 saturated carbocycles. The molecule has 2 aliphatic heterocycles. The van der Waals surface area contributed by atoms with Gasteiger partial charge < -0.3 is 19.9 Å². The van der Waals surface area contributed by atoms with Gasteiger partial charge in [-0.2, -0.15) is 0 Å². The van der Waals surface area contributed by atoms with E-state index in [2.05, 4.69) is 36.2 Å². The molecule has 1 fully saturated rings. The van der Waals surface area contributed by atoms with Crippen LogP contribution in [0.15, 0.2) is 35.9 Å². The number of ether oxygens (including phenoxy) is 1. The van der Waals surface area contributed by atoms with E-state index in [0.717, 1.165) is 42.2 Å². The number of carbonyl (C=O) groups is 1. The number of hydrogen-bond acceptors (Lipinski definition) is 4. The molecule has 7 heteroatoms. The molecule has 0 bridgehead atoms. The van der Waals surface area contributed by atoms with Crippen molar-refractivity contribution in [2.45, 2.75) is 50.3 Å². The molecule has 4 rings (SSSR count). The Hall–Kier alpha value is -2.05. The molecule has 1 aromatic rings. The monoisotopic (exact) mass is 433 g/mol. The zero-order valence-corrected chi connectivity index (χ0v) is 18.5. The van der Waals surface area contributed by atoms with Crippen LogP contribution < -0.4 is 19.9 Å². The number of rotatable bonds is 4. The molecule has 0 aromatic heterocycles. The van der Waals surface area contributed by atoms with Crippen molar-refractivity contribution in [3.63, 3.8) is 0 Å². The number of benzene rings is 1. The Kier molecular flexibility index (Phi) is 5.82. The van der Waals surface area contributed by atoms with Gasteiger partial charge in [-0.05, 0) is 44.0 Å². The number of nitrogens with zero attached hydrogens (tertiary/aromatic N) is 2. The number of halogens is 2. The van der Waals surface area contributed by atoms with Crippen LogP contribution in [0, 0.1) is 0 Å². The Morgan fingerprint density at radius 3 is 2.70 bits per heavy atom. The highest BCUT2D eigenvalue weighted by atomic mass is 35.5. The van der Waals surface area contributed by atoms with E-state index in [1.54, 1.807) is 19.3 Å². The molecule has 1 N–H and O–H groups in total. The molecule has 3 aliphatic rings. The fraction of sp³-hybridized carbons (Fsp3) is 0.522. The van der Waals surface area contributed by atoms with Crippen molar-refractivity contribution < 1.29 is 13.9 Å². The van der Waals surface area contributed by atoms with E-state index in [1.165, 1.54) is 6.08 Å². The first kappa shape index (κ1) is 21.2. The number of piperazine rings is 1. The first-order chi connectivity index (χ1) is 14.3. The number of methoxy groups -OCH3 is 1. The number of hydrogen-bond donors (Lipinski definition) is 1.